The van der Waals surface area contributed by atoms with Crippen molar-refractivity contribution in [3.63, 3.8) is 0 Å². The fourth-order valence-electron chi connectivity index (χ4n) is 4.17. The molecule has 2 aliphatic rings. The Kier molecular flexibility index (Phi) is 4.62. The largest absolute Gasteiger partial charge is 0.467 e. The number of carbonyl (C=O) groups is 1. The van der Waals surface area contributed by atoms with Crippen LogP contribution in [-0.2, 0) is 4.79 Å². The van der Waals surface area contributed by atoms with E-state index in [0.717, 1.165) is 27.0 Å². The molecule has 28 heavy (non-hydrogen) atoms. The number of anilines is 1. The van der Waals surface area contributed by atoms with Gasteiger partial charge < -0.3 is 15.0 Å². The molecule has 3 unspecified atom stereocenters. The molecule has 3 atom stereocenters. The number of fused-ring (bicyclic) bond motifs is 4. The smallest absolute Gasteiger partial charge is 0.233 e. The summed E-state index contributed by atoms with van der Waals surface area (Å²) in [6.07, 6.45) is 0. The lowest BCUT2D eigenvalue weighted by Crippen LogP contribution is -2.72. The van der Waals surface area contributed by atoms with Gasteiger partial charge in [0.15, 0.2) is 10.8 Å². The lowest BCUT2D eigenvalue weighted by molar-refractivity contribution is -0.144. The van der Waals surface area contributed by atoms with E-state index in [-0.39, 0.29) is 11.9 Å². The minimum Gasteiger partial charge on any atom is -0.467 e. The molecule has 0 aliphatic carbocycles. The normalized spacial score (nSPS) is 25.5. The maximum atomic E-state index is 13.3. The van der Waals surface area contributed by atoms with Crippen LogP contribution in [0.5, 0.6) is 5.75 Å². The van der Waals surface area contributed by atoms with Crippen molar-refractivity contribution in [2.75, 3.05) is 19.0 Å². The van der Waals surface area contributed by atoms with Crippen molar-refractivity contribution in [3.8, 4) is 5.75 Å². The highest BCUT2D eigenvalue weighted by atomic mass is 79.9. The monoisotopic (exact) mass is 459 g/mol. The molecule has 1 saturated heterocycles. The van der Waals surface area contributed by atoms with E-state index in [1.807, 2.05) is 55.1 Å². The van der Waals surface area contributed by atoms with Crippen LogP contribution in [-0.4, -0.2) is 35.7 Å². The predicted octanol–water partition coefficient (Wildman–Crippen LogP) is 4.01. The summed E-state index contributed by atoms with van der Waals surface area (Å²) >= 11 is 9.27. The number of aryl methyl sites for hydroxylation is 1. The number of halogens is 1. The first-order valence-corrected chi connectivity index (χ1v) is 10.3. The molecule has 2 aliphatic heterocycles. The van der Waals surface area contributed by atoms with Crippen LogP contribution in [0.4, 0.5) is 5.69 Å². The third kappa shape index (κ3) is 2.88. The maximum absolute atomic E-state index is 13.3. The zero-order valence-corrected chi connectivity index (χ0v) is 18.6. The maximum Gasteiger partial charge on any atom is 0.233 e. The van der Waals surface area contributed by atoms with Gasteiger partial charge in [0.2, 0.25) is 5.91 Å². The Morgan fingerprint density at radius 3 is 2.71 bits per heavy atom. The zero-order valence-electron chi connectivity index (χ0n) is 16.2. The number of nitrogens with one attached hydrogen (secondary N) is 1. The highest BCUT2D eigenvalue weighted by molar-refractivity contribution is 9.10. The average molecular weight is 460 g/mol. The van der Waals surface area contributed by atoms with Crippen LogP contribution < -0.4 is 15.0 Å². The molecular formula is C21H22BrN3O2S. The highest BCUT2D eigenvalue weighted by Crippen LogP contribution is 2.50. The molecule has 2 aromatic carbocycles. The van der Waals surface area contributed by atoms with E-state index in [4.69, 9.17) is 17.0 Å². The van der Waals surface area contributed by atoms with Gasteiger partial charge in [-0.05, 0) is 62.0 Å². The van der Waals surface area contributed by atoms with Gasteiger partial charge in [-0.25, -0.2) is 0 Å². The summed E-state index contributed by atoms with van der Waals surface area (Å²) in [4.78, 5) is 16.8. The van der Waals surface area contributed by atoms with Crippen molar-refractivity contribution >= 4 is 44.9 Å². The SMILES string of the molecule is Cc1cccc(N2C(=S)NC3c4cc(Br)ccc4OC2(C)C3C(=O)N(C)C)c1. The van der Waals surface area contributed by atoms with Crippen LogP contribution in [0.15, 0.2) is 46.9 Å². The van der Waals surface area contributed by atoms with Crippen molar-refractivity contribution in [1.29, 1.82) is 0 Å². The fourth-order valence-corrected chi connectivity index (χ4v) is 4.96. The first-order valence-electron chi connectivity index (χ1n) is 9.09. The second-order valence-corrected chi connectivity index (χ2v) is 8.95. The lowest BCUT2D eigenvalue weighted by atomic mass is 9.78. The predicted molar refractivity (Wildman–Crippen MR) is 117 cm³/mol. The molecule has 4 rings (SSSR count). The average Bonchev–Trinajstić information content (AvgIpc) is 2.61. The molecule has 5 nitrogen and oxygen atoms in total. The Bertz CT molecular complexity index is 980. The second-order valence-electron chi connectivity index (χ2n) is 7.65. The van der Waals surface area contributed by atoms with Crippen molar-refractivity contribution in [2.45, 2.75) is 25.6 Å². The van der Waals surface area contributed by atoms with Gasteiger partial charge in [0.05, 0.1) is 6.04 Å². The second kappa shape index (κ2) is 6.74. The number of nitrogens with zero attached hydrogens (tertiary/aromatic N) is 2. The van der Waals surface area contributed by atoms with Crippen LogP contribution >= 0.6 is 28.1 Å². The summed E-state index contributed by atoms with van der Waals surface area (Å²) in [5.41, 5.74) is 1.98. The topological polar surface area (TPSA) is 44.8 Å². The summed E-state index contributed by atoms with van der Waals surface area (Å²) in [7, 11) is 3.54. The number of benzene rings is 2. The van der Waals surface area contributed by atoms with Crippen LogP contribution in [0.1, 0.15) is 24.1 Å². The molecule has 0 radical (unpaired) electrons. The number of rotatable bonds is 2. The Hall–Kier alpha value is -2.12. The van der Waals surface area contributed by atoms with Gasteiger partial charge in [-0.3, -0.25) is 9.69 Å². The van der Waals surface area contributed by atoms with Crippen LogP contribution in [0.25, 0.3) is 0 Å². The van der Waals surface area contributed by atoms with E-state index >= 15 is 0 Å². The van der Waals surface area contributed by atoms with E-state index in [9.17, 15) is 4.79 Å². The molecule has 2 aromatic rings. The molecule has 2 heterocycles. The van der Waals surface area contributed by atoms with Crippen molar-refractivity contribution < 1.29 is 9.53 Å². The first kappa shape index (κ1) is 19.2. The van der Waals surface area contributed by atoms with Crippen LogP contribution in [0, 0.1) is 12.8 Å². The molecule has 2 bridgehead atoms. The molecule has 0 saturated carbocycles. The highest BCUT2D eigenvalue weighted by Gasteiger charge is 2.59. The number of amides is 1. The van der Waals surface area contributed by atoms with E-state index in [2.05, 4.69) is 27.3 Å². The van der Waals surface area contributed by atoms with E-state index < -0.39 is 11.6 Å². The number of hydrogen-bond donors (Lipinski definition) is 1. The van der Waals surface area contributed by atoms with E-state index in [0.29, 0.717) is 5.11 Å². The lowest BCUT2D eigenvalue weighted by Gasteiger charge is -2.56. The Morgan fingerprint density at radius 2 is 2.04 bits per heavy atom. The molecular weight excluding hydrogens is 438 g/mol. The Labute approximate surface area is 178 Å². The third-order valence-electron chi connectivity index (χ3n) is 5.43. The third-order valence-corrected chi connectivity index (χ3v) is 6.22. The summed E-state index contributed by atoms with van der Waals surface area (Å²) in [5.74, 6) is 0.272. The molecule has 1 amide bonds. The zero-order chi connectivity index (χ0) is 20.2. The van der Waals surface area contributed by atoms with Gasteiger partial charge in [-0.2, -0.15) is 0 Å². The first-order chi connectivity index (χ1) is 13.2. The standard InChI is InChI=1S/C21H22BrN3O2S/c1-12-6-5-7-14(10-12)25-20(28)23-18-15-11-13(22)8-9-16(15)27-21(25,2)17(18)19(26)24(3)4/h5-11,17-18H,1-4H3,(H,23,28). The van der Waals surface area contributed by atoms with E-state index in [1.165, 1.54) is 0 Å². The van der Waals surface area contributed by atoms with Gasteiger partial charge in [-0.15, -0.1) is 0 Å². The summed E-state index contributed by atoms with van der Waals surface area (Å²) in [5, 5.41) is 3.97. The molecule has 0 spiro atoms. The van der Waals surface area contributed by atoms with Crippen molar-refractivity contribution in [2.24, 2.45) is 5.92 Å². The number of ether oxygens (including phenoxy) is 1. The van der Waals surface area contributed by atoms with Crippen LogP contribution in [0.3, 0.4) is 0 Å². The number of hydrogen-bond acceptors (Lipinski definition) is 3. The van der Waals surface area contributed by atoms with Crippen LogP contribution in [0.2, 0.25) is 0 Å². The van der Waals surface area contributed by atoms with Gasteiger partial charge in [0, 0.05) is 29.8 Å². The van der Waals surface area contributed by atoms with Gasteiger partial charge in [0.1, 0.15) is 11.7 Å². The van der Waals surface area contributed by atoms with Gasteiger partial charge >= 0.3 is 0 Å². The fraction of sp³-hybridized carbons (Fsp3) is 0.333. The van der Waals surface area contributed by atoms with Gasteiger partial charge in [0.25, 0.3) is 0 Å². The van der Waals surface area contributed by atoms with E-state index in [1.54, 1.807) is 19.0 Å². The molecule has 7 heteroatoms. The minimum atomic E-state index is -0.955. The quantitative estimate of drug-likeness (QED) is 0.687. The Balaban J connectivity index is 1.93. The molecule has 1 fully saturated rings. The minimum absolute atomic E-state index is 0.00854. The summed E-state index contributed by atoms with van der Waals surface area (Å²) in [6.45, 7) is 3.98. The molecule has 146 valence electrons. The molecule has 1 N–H and O–H groups in total. The molecule has 0 aromatic heterocycles. The Morgan fingerprint density at radius 1 is 1.29 bits per heavy atom. The van der Waals surface area contributed by atoms with Crippen molar-refractivity contribution in [3.05, 3.63) is 58.1 Å². The van der Waals surface area contributed by atoms with Gasteiger partial charge in [-0.1, -0.05) is 28.1 Å². The number of thiocarbonyl (C=S) groups is 1. The summed E-state index contributed by atoms with van der Waals surface area (Å²) in [6, 6.07) is 13.7. The summed E-state index contributed by atoms with van der Waals surface area (Å²) < 4.78 is 7.47. The van der Waals surface area contributed by atoms with Crippen molar-refractivity contribution in [1.82, 2.24) is 10.2 Å². The number of carbonyl (C=O) groups excluding carboxylic acids is 1.